The number of aromatic nitrogens is 2. The number of rotatable bonds is 7. The number of hydrogen-bond acceptors (Lipinski definition) is 6. The lowest BCUT2D eigenvalue weighted by Crippen LogP contribution is -2.30. The number of sulfonamides is 1. The summed E-state index contributed by atoms with van der Waals surface area (Å²) >= 11 is 0. The van der Waals surface area contributed by atoms with Gasteiger partial charge in [-0.25, -0.2) is 8.42 Å². The van der Waals surface area contributed by atoms with Crippen LogP contribution in [0.2, 0.25) is 0 Å². The molecule has 0 aliphatic heterocycles. The van der Waals surface area contributed by atoms with Crippen LogP contribution in [0.3, 0.4) is 0 Å². The van der Waals surface area contributed by atoms with Crippen LogP contribution >= 0.6 is 0 Å². The highest BCUT2D eigenvalue weighted by Gasteiger charge is 2.26. The predicted molar refractivity (Wildman–Crippen MR) is 89.3 cm³/mol. The van der Waals surface area contributed by atoms with Crippen LogP contribution in [0.5, 0.6) is 5.75 Å². The van der Waals surface area contributed by atoms with Crippen LogP contribution in [0.15, 0.2) is 27.5 Å². The van der Waals surface area contributed by atoms with Gasteiger partial charge in [0.05, 0.1) is 12.0 Å². The van der Waals surface area contributed by atoms with E-state index in [1.807, 2.05) is 13.8 Å². The van der Waals surface area contributed by atoms with Crippen molar-refractivity contribution in [3.05, 3.63) is 35.5 Å². The maximum Gasteiger partial charge on any atom is 0.241 e. The lowest BCUT2D eigenvalue weighted by molar-refractivity contribution is 0.372. The van der Waals surface area contributed by atoms with Gasteiger partial charge >= 0.3 is 0 Å². The van der Waals surface area contributed by atoms with Crippen molar-refractivity contribution >= 4 is 10.0 Å². The van der Waals surface area contributed by atoms with Crippen LogP contribution in [0, 0.1) is 19.8 Å². The number of hydrogen-bond donors (Lipinski definition) is 1. The molecule has 7 nitrogen and oxygen atoms in total. The van der Waals surface area contributed by atoms with E-state index in [2.05, 4.69) is 14.9 Å². The lowest BCUT2D eigenvalue weighted by Gasteiger charge is -2.18. The van der Waals surface area contributed by atoms with E-state index >= 15 is 0 Å². The van der Waals surface area contributed by atoms with Gasteiger partial charge in [-0.3, -0.25) is 0 Å². The third kappa shape index (κ3) is 4.33. The molecule has 132 valence electrons. The van der Waals surface area contributed by atoms with Crippen molar-refractivity contribution in [2.24, 2.45) is 5.92 Å². The predicted octanol–water partition coefficient (Wildman–Crippen LogP) is 2.76. The molecule has 0 radical (unpaired) electrons. The van der Waals surface area contributed by atoms with Gasteiger partial charge in [-0.05, 0) is 43.0 Å². The minimum absolute atomic E-state index is 0.172. The van der Waals surface area contributed by atoms with Gasteiger partial charge in [0, 0.05) is 6.92 Å². The molecule has 0 fully saturated rings. The van der Waals surface area contributed by atoms with Gasteiger partial charge < -0.3 is 9.15 Å². The highest BCUT2D eigenvalue weighted by molar-refractivity contribution is 7.89. The number of methoxy groups -OCH3 is 1. The Morgan fingerprint density at radius 2 is 1.96 bits per heavy atom. The normalized spacial score (nSPS) is 13.2. The van der Waals surface area contributed by atoms with Crippen LogP contribution in [0.4, 0.5) is 0 Å². The fourth-order valence-electron chi connectivity index (χ4n) is 2.40. The Bertz CT molecular complexity index is 799. The molecule has 1 atom stereocenters. The molecular weight excluding hydrogens is 330 g/mol. The summed E-state index contributed by atoms with van der Waals surface area (Å²) in [6.07, 6.45) is 0.552. The van der Waals surface area contributed by atoms with Gasteiger partial charge in [-0.1, -0.05) is 13.8 Å². The number of nitrogens with zero attached hydrogens (tertiary/aromatic N) is 2. The summed E-state index contributed by atoms with van der Waals surface area (Å²) in [5.41, 5.74) is 0.745. The van der Waals surface area contributed by atoms with E-state index in [-0.39, 0.29) is 16.7 Å². The molecule has 0 aliphatic rings. The third-order valence-corrected chi connectivity index (χ3v) is 4.99. The molecule has 1 aromatic heterocycles. The molecule has 0 saturated carbocycles. The molecule has 1 heterocycles. The molecule has 2 rings (SSSR count). The van der Waals surface area contributed by atoms with Crippen molar-refractivity contribution in [3.63, 3.8) is 0 Å². The second-order valence-electron chi connectivity index (χ2n) is 6.09. The fourth-order valence-corrected chi connectivity index (χ4v) is 3.68. The van der Waals surface area contributed by atoms with E-state index < -0.39 is 16.1 Å². The minimum atomic E-state index is -3.72. The monoisotopic (exact) mass is 353 g/mol. The average Bonchev–Trinajstić information content (AvgIpc) is 2.92. The molecule has 0 saturated heterocycles. The molecule has 0 spiro atoms. The SMILES string of the molecule is COc1ccc(S(=O)(=O)NC(CC(C)C)c2nnc(C)o2)cc1C. The summed E-state index contributed by atoms with van der Waals surface area (Å²) < 4.78 is 38.7. The summed E-state index contributed by atoms with van der Waals surface area (Å²) in [5, 5.41) is 7.74. The summed E-state index contributed by atoms with van der Waals surface area (Å²) in [6.45, 7) is 7.47. The van der Waals surface area contributed by atoms with Gasteiger partial charge in [0.25, 0.3) is 0 Å². The van der Waals surface area contributed by atoms with E-state index in [1.165, 1.54) is 6.07 Å². The molecule has 1 unspecified atom stereocenters. The number of benzene rings is 1. The van der Waals surface area contributed by atoms with Gasteiger partial charge in [0.15, 0.2) is 0 Å². The minimum Gasteiger partial charge on any atom is -0.496 e. The zero-order valence-electron chi connectivity index (χ0n) is 14.5. The zero-order chi connectivity index (χ0) is 17.9. The quantitative estimate of drug-likeness (QED) is 0.822. The fraction of sp³-hybridized carbons (Fsp3) is 0.500. The molecule has 1 aromatic carbocycles. The standard InChI is InChI=1S/C16H23N3O4S/c1-10(2)8-14(16-18-17-12(4)23-16)19-24(20,21)13-6-7-15(22-5)11(3)9-13/h6-7,9-10,14,19H,8H2,1-5H3. The summed E-state index contributed by atoms with van der Waals surface area (Å²) in [6, 6.07) is 4.16. The first-order chi connectivity index (χ1) is 11.2. The first kappa shape index (κ1) is 18.4. The van der Waals surface area contributed by atoms with E-state index in [9.17, 15) is 8.42 Å². The smallest absolute Gasteiger partial charge is 0.241 e. The molecule has 0 amide bonds. The van der Waals surface area contributed by atoms with E-state index in [0.717, 1.165) is 5.56 Å². The van der Waals surface area contributed by atoms with Crippen LogP contribution in [-0.4, -0.2) is 25.7 Å². The van der Waals surface area contributed by atoms with Crippen molar-refractivity contribution in [2.75, 3.05) is 7.11 Å². The molecule has 8 heteroatoms. The Balaban J connectivity index is 2.31. The van der Waals surface area contributed by atoms with Gasteiger partial charge in [0.1, 0.15) is 11.8 Å². The summed E-state index contributed by atoms with van der Waals surface area (Å²) in [7, 11) is -2.18. The maximum atomic E-state index is 12.7. The second-order valence-corrected chi connectivity index (χ2v) is 7.81. The molecule has 2 aromatic rings. The zero-order valence-corrected chi connectivity index (χ0v) is 15.3. The summed E-state index contributed by atoms with van der Waals surface area (Å²) in [5.74, 6) is 1.57. The Morgan fingerprint density at radius 1 is 1.25 bits per heavy atom. The largest absolute Gasteiger partial charge is 0.496 e. The van der Waals surface area contributed by atoms with Crippen LogP contribution in [0.1, 0.15) is 43.7 Å². The van der Waals surface area contributed by atoms with Crippen LogP contribution < -0.4 is 9.46 Å². The Kier molecular flexibility index (Phi) is 5.61. The van der Waals surface area contributed by atoms with E-state index in [0.29, 0.717) is 18.1 Å². The maximum absolute atomic E-state index is 12.7. The molecule has 24 heavy (non-hydrogen) atoms. The van der Waals surface area contributed by atoms with Gasteiger partial charge in [0.2, 0.25) is 21.8 Å². The molecule has 0 aliphatic carbocycles. The van der Waals surface area contributed by atoms with Crippen LogP contribution in [-0.2, 0) is 10.0 Å². The van der Waals surface area contributed by atoms with Crippen molar-refractivity contribution in [1.29, 1.82) is 0 Å². The van der Waals surface area contributed by atoms with Crippen molar-refractivity contribution in [2.45, 2.75) is 45.1 Å². The number of ether oxygens (including phenoxy) is 1. The molecule has 1 N–H and O–H groups in total. The summed E-state index contributed by atoms with van der Waals surface area (Å²) in [4.78, 5) is 0.172. The molecule has 0 bridgehead atoms. The first-order valence-electron chi connectivity index (χ1n) is 7.70. The number of aryl methyl sites for hydroxylation is 2. The molecular formula is C16H23N3O4S. The van der Waals surface area contributed by atoms with E-state index in [4.69, 9.17) is 9.15 Å². The van der Waals surface area contributed by atoms with Crippen LogP contribution in [0.25, 0.3) is 0 Å². The lowest BCUT2D eigenvalue weighted by atomic mass is 10.0. The first-order valence-corrected chi connectivity index (χ1v) is 9.18. The van der Waals surface area contributed by atoms with Crippen molar-refractivity contribution in [3.8, 4) is 5.75 Å². The Morgan fingerprint density at radius 3 is 2.46 bits per heavy atom. The van der Waals surface area contributed by atoms with Crippen molar-refractivity contribution in [1.82, 2.24) is 14.9 Å². The highest BCUT2D eigenvalue weighted by atomic mass is 32.2. The number of nitrogens with one attached hydrogen (secondary N) is 1. The highest BCUT2D eigenvalue weighted by Crippen LogP contribution is 2.25. The van der Waals surface area contributed by atoms with Crippen molar-refractivity contribution < 1.29 is 17.6 Å². The topological polar surface area (TPSA) is 94.3 Å². The second kappa shape index (κ2) is 7.31. The third-order valence-electron chi connectivity index (χ3n) is 3.52. The average molecular weight is 353 g/mol. The Labute approximate surface area is 142 Å². The Hall–Kier alpha value is -1.93. The van der Waals surface area contributed by atoms with Gasteiger partial charge in [-0.15, -0.1) is 10.2 Å². The van der Waals surface area contributed by atoms with Gasteiger partial charge in [-0.2, -0.15) is 4.72 Å². The van der Waals surface area contributed by atoms with E-state index in [1.54, 1.807) is 33.1 Å².